The molecule has 4 heteroatoms. The SMILES string of the molecule is C=C(C)C(=O)OC1(C(C)(C)C)CCC(OC)CC1SC. The van der Waals surface area contributed by atoms with Crippen molar-refractivity contribution in [3.63, 3.8) is 0 Å². The van der Waals surface area contributed by atoms with Gasteiger partial charge in [0.15, 0.2) is 0 Å². The van der Waals surface area contributed by atoms with Gasteiger partial charge in [-0.3, -0.25) is 0 Å². The van der Waals surface area contributed by atoms with Gasteiger partial charge in [0, 0.05) is 23.3 Å². The molecule has 0 aromatic carbocycles. The highest BCUT2D eigenvalue weighted by Crippen LogP contribution is 2.49. The fraction of sp³-hybridized carbons (Fsp3) is 0.812. The number of thioether (sulfide) groups is 1. The number of rotatable bonds is 4. The monoisotopic (exact) mass is 300 g/mol. The number of esters is 1. The molecule has 1 rings (SSSR count). The zero-order valence-electron chi connectivity index (χ0n) is 13.6. The lowest BCUT2D eigenvalue weighted by Crippen LogP contribution is -2.58. The van der Waals surface area contributed by atoms with Crippen molar-refractivity contribution in [2.24, 2.45) is 5.41 Å². The molecule has 0 saturated heterocycles. The lowest BCUT2D eigenvalue weighted by atomic mass is 9.67. The summed E-state index contributed by atoms with van der Waals surface area (Å²) in [5.74, 6) is -0.283. The Morgan fingerprint density at radius 2 is 2.00 bits per heavy atom. The first-order valence-corrected chi connectivity index (χ1v) is 8.41. The van der Waals surface area contributed by atoms with Gasteiger partial charge in [-0.2, -0.15) is 11.8 Å². The van der Waals surface area contributed by atoms with Crippen LogP contribution in [-0.2, 0) is 14.3 Å². The van der Waals surface area contributed by atoms with Gasteiger partial charge in [0.1, 0.15) is 5.60 Å². The Morgan fingerprint density at radius 3 is 2.40 bits per heavy atom. The summed E-state index contributed by atoms with van der Waals surface area (Å²) in [4.78, 5) is 12.1. The zero-order chi connectivity index (χ0) is 15.6. The zero-order valence-corrected chi connectivity index (χ0v) is 14.4. The van der Waals surface area contributed by atoms with Crippen molar-refractivity contribution >= 4 is 17.7 Å². The third-order valence-electron chi connectivity index (χ3n) is 4.35. The maximum atomic E-state index is 12.1. The van der Waals surface area contributed by atoms with Crippen LogP contribution >= 0.6 is 11.8 Å². The highest BCUT2D eigenvalue weighted by molar-refractivity contribution is 7.99. The van der Waals surface area contributed by atoms with Gasteiger partial charge in [0.2, 0.25) is 0 Å². The third kappa shape index (κ3) is 3.40. The molecule has 3 unspecified atom stereocenters. The highest BCUT2D eigenvalue weighted by Gasteiger charge is 2.54. The fourth-order valence-corrected chi connectivity index (χ4v) is 4.27. The minimum atomic E-state index is -0.461. The Balaban J connectivity index is 3.11. The largest absolute Gasteiger partial charge is 0.454 e. The molecule has 0 aromatic rings. The van der Waals surface area contributed by atoms with E-state index in [1.54, 1.807) is 25.8 Å². The minimum absolute atomic E-state index is 0.121. The molecule has 1 aliphatic rings. The Kier molecular flexibility index (Phi) is 5.73. The molecule has 3 nitrogen and oxygen atoms in total. The summed E-state index contributed by atoms with van der Waals surface area (Å²) >= 11 is 1.77. The number of carbonyl (C=O) groups excluding carboxylic acids is 1. The van der Waals surface area contributed by atoms with Crippen molar-refractivity contribution in [2.75, 3.05) is 13.4 Å². The van der Waals surface area contributed by atoms with Crippen LogP contribution in [0.25, 0.3) is 0 Å². The Bertz CT molecular complexity index is 372. The number of ether oxygens (including phenoxy) is 2. The van der Waals surface area contributed by atoms with Crippen LogP contribution in [0.5, 0.6) is 0 Å². The van der Waals surface area contributed by atoms with Crippen molar-refractivity contribution in [3.05, 3.63) is 12.2 Å². The van der Waals surface area contributed by atoms with Gasteiger partial charge in [-0.15, -0.1) is 0 Å². The molecule has 0 amide bonds. The first-order chi connectivity index (χ1) is 9.17. The molecular formula is C16H28O3S. The van der Waals surface area contributed by atoms with Crippen LogP contribution in [0.15, 0.2) is 12.2 Å². The smallest absolute Gasteiger partial charge is 0.333 e. The third-order valence-corrected chi connectivity index (χ3v) is 5.49. The van der Waals surface area contributed by atoms with Gasteiger partial charge in [-0.25, -0.2) is 4.79 Å². The standard InChI is InChI=1S/C16H28O3S/c1-11(2)14(17)19-16(15(3,4)5)9-8-12(18-6)10-13(16)20-7/h12-13H,1,8-10H2,2-7H3. The number of hydrogen-bond acceptors (Lipinski definition) is 4. The second-order valence-electron chi connectivity index (χ2n) is 6.67. The van der Waals surface area contributed by atoms with E-state index in [1.807, 2.05) is 0 Å². The van der Waals surface area contributed by atoms with Crippen LogP contribution in [0.1, 0.15) is 47.0 Å². The van der Waals surface area contributed by atoms with E-state index in [2.05, 4.69) is 33.6 Å². The molecule has 1 saturated carbocycles. The van der Waals surface area contributed by atoms with E-state index in [1.165, 1.54) is 0 Å². The summed E-state index contributed by atoms with van der Waals surface area (Å²) in [6.45, 7) is 11.9. The molecule has 3 atom stereocenters. The summed E-state index contributed by atoms with van der Waals surface area (Å²) in [6, 6.07) is 0. The van der Waals surface area contributed by atoms with Crippen molar-refractivity contribution in [3.8, 4) is 0 Å². The van der Waals surface area contributed by atoms with E-state index >= 15 is 0 Å². The van der Waals surface area contributed by atoms with E-state index in [-0.39, 0.29) is 22.7 Å². The second-order valence-corrected chi connectivity index (χ2v) is 7.71. The number of methoxy groups -OCH3 is 1. The van der Waals surface area contributed by atoms with E-state index in [0.29, 0.717) is 5.57 Å². The Hall–Kier alpha value is -0.480. The molecule has 0 radical (unpaired) electrons. The van der Waals surface area contributed by atoms with Gasteiger partial charge in [0.05, 0.1) is 6.10 Å². The van der Waals surface area contributed by atoms with Crippen molar-refractivity contribution in [1.82, 2.24) is 0 Å². The molecule has 1 fully saturated rings. The molecule has 116 valence electrons. The highest BCUT2D eigenvalue weighted by atomic mass is 32.2. The maximum Gasteiger partial charge on any atom is 0.333 e. The van der Waals surface area contributed by atoms with E-state index in [9.17, 15) is 4.79 Å². The van der Waals surface area contributed by atoms with Crippen LogP contribution in [0.3, 0.4) is 0 Å². The molecule has 0 heterocycles. The van der Waals surface area contributed by atoms with Crippen LogP contribution in [-0.4, -0.2) is 36.3 Å². The predicted octanol–water partition coefficient (Wildman–Crippen LogP) is 3.82. The van der Waals surface area contributed by atoms with Crippen molar-refractivity contribution < 1.29 is 14.3 Å². The van der Waals surface area contributed by atoms with Crippen LogP contribution < -0.4 is 0 Å². The fourth-order valence-electron chi connectivity index (χ4n) is 2.96. The molecule has 0 bridgehead atoms. The van der Waals surface area contributed by atoms with Crippen LogP contribution in [0, 0.1) is 5.41 Å². The number of carbonyl (C=O) groups is 1. The molecule has 20 heavy (non-hydrogen) atoms. The van der Waals surface area contributed by atoms with Crippen molar-refractivity contribution in [2.45, 2.75) is 63.9 Å². The van der Waals surface area contributed by atoms with Gasteiger partial charge in [0.25, 0.3) is 0 Å². The van der Waals surface area contributed by atoms with Crippen molar-refractivity contribution in [1.29, 1.82) is 0 Å². The molecule has 1 aliphatic carbocycles. The van der Waals surface area contributed by atoms with Crippen LogP contribution in [0.4, 0.5) is 0 Å². The molecule has 0 spiro atoms. The van der Waals surface area contributed by atoms with Gasteiger partial charge >= 0.3 is 5.97 Å². The average molecular weight is 300 g/mol. The Morgan fingerprint density at radius 1 is 1.40 bits per heavy atom. The van der Waals surface area contributed by atoms with Gasteiger partial charge < -0.3 is 9.47 Å². The summed E-state index contributed by atoms with van der Waals surface area (Å²) in [5, 5.41) is 0.240. The van der Waals surface area contributed by atoms with E-state index < -0.39 is 5.60 Å². The predicted molar refractivity (Wildman–Crippen MR) is 85.0 cm³/mol. The van der Waals surface area contributed by atoms with Crippen LogP contribution in [0.2, 0.25) is 0 Å². The quantitative estimate of drug-likeness (QED) is 0.584. The average Bonchev–Trinajstić information content (AvgIpc) is 2.37. The second kappa shape index (κ2) is 6.52. The topological polar surface area (TPSA) is 35.5 Å². The van der Waals surface area contributed by atoms with E-state index in [0.717, 1.165) is 19.3 Å². The summed E-state index contributed by atoms with van der Waals surface area (Å²) < 4.78 is 11.5. The molecule has 0 N–H and O–H groups in total. The Labute approximate surface area is 127 Å². The molecule has 0 aromatic heterocycles. The van der Waals surface area contributed by atoms with Gasteiger partial charge in [-0.05, 0) is 32.4 Å². The van der Waals surface area contributed by atoms with Gasteiger partial charge in [-0.1, -0.05) is 27.4 Å². The van der Waals surface area contributed by atoms with E-state index in [4.69, 9.17) is 9.47 Å². The molecular weight excluding hydrogens is 272 g/mol. The first kappa shape index (κ1) is 17.6. The number of hydrogen-bond donors (Lipinski definition) is 0. The molecule has 0 aliphatic heterocycles. The summed E-state index contributed by atoms with van der Waals surface area (Å²) in [7, 11) is 1.76. The summed E-state index contributed by atoms with van der Waals surface area (Å²) in [6.07, 6.45) is 5.01. The normalized spacial score (nSPS) is 30.9. The maximum absolute atomic E-state index is 12.1. The lowest BCUT2D eigenvalue weighted by Gasteiger charge is -2.52. The minimum Gasteiger partial charge on any atom is -0.454 e. The summed E-state index contributed by atoms with van der Waals surface area (Å²) in [5.41, 5.74) is -0.121. The lowest BCUT2D eigenvalue weighted by molar-refractivity contribution is -0.177. The first-order valence-electron chi connectivity index (χ1n) is 7.12.